The fraction of sp³-hybridized carbons (Fsp3) is 0.882. The van der Waals surface area contributed by atoms with E-state index in [9.17, 15) is 18.0 Å². The van der Waals surface area contributed by atoms with Crippen molar-refractivity contribution in [2.45, 2.75) is 83.3 Å². The van der Waals surface area contributed by atoms with Crippen LogP contribution in [0.3, 0.4) is 0 Å². The van der Waals surface area contributed by atoms with Crippen LogP contribution >= 0.6 is 0 Å². The molecule has 8 heteroatoms. The van der Waals surface area contributed by atoms with E-state index in [2.05, 4.69) is 6.92 Å². The zero-order valence-corrected chi connectivity index (χ0v) is 16.2. The first kappa shape index (κ1) is 23.9. The first-order valence-corrected chi connectivity index (χ1v) is 10.6. The Hall–Kier alpha value is -1.15. The van der Waals surface area contributed by atoms with Crippen LogP contribution in [-0.4, -0.2) is 43.4 Å². The largest absolute Gasteiger partial charge is 0.466 e. The highest BCUT2D eigenvalue weighted by Gasteiger charge is 2.35. The van der Waals surface area contributed by atoms with Crippen LogP contribution in [0.4, 0.5) is 0 Å². The average Bonchev–Trinajstić information content (AvgIpc) is 2.54. The van der Waals surface area contributed by atoms with Crippen LogP contribution in [0.25, 0.3) is 0 Å². The molecule has 0 aromatic heterocycles. The second kappa shape index (κ2) is 14.1. The summed E-state index contributed by atoms with van der Waals surface area (Å²) in [6, 6.07) is 0. The Morgan fingerprint density at radius 1 is 0.840 bits per heavy atom. The second-order valence-electron chi connectivity index (χ2n) is 6.07. The number of hydrogen-bond donors (Lipinski definition) is 1. The summed E-state index contributed by atoms with van der Waals surface area (Å²) >= 11 is 0. The molecule has 0 radical (unpaired) electrons. The molecule has 1 atom stereocenters. The van der Waals surface area contributed by atoms with Crippen LogP contribution in [-0.2, 0) is 29.2 Å². The van der Waals surface area contributed by atoms with Crippen molar-refractivity contribution in [2.75, 3.05) is 13.2 Å². The molecule has 0 spiro atoms. The van der Waals surface area contributed by atoms with E-state index in [0.29, 0.717) is 12.8 Å². The van der Waals surface area contributed by atoms with Crippen LogP contribution in [0.2, 0.25) is 0 Å². The molecule has 1 N–H and O–H groups in total. The second-order valence-corrected chi connectivity index (χ2v) is 7.67. The normalized spacial score (nSPS) is 12.6. The van der Waals surface area contributed by atoms with Crippen molar-refractivity contribution in [1.82, 2.24) is 0 Å². The summed E-state index contributed by atoms with van der Waals surface area (Å²) in [5, 5.41) is -1.92. The Kier molecular flexibility index (Phi) is 13.4. The lowest BCUT2D eigenvalue weighted by atomic mass is 10.1. The van der Waals surface area contributed by atoms with E-state index in [4.69, 9.17) is 14.0 Å². The summed E-state index contributed by atoms with van der Waals surface area (Å²) in [5.41, 5.74) is 0. The van der Waals surface area contributed by atoms with Crippen molar-refractivity contribution < 1.29 is 32.0 Å². The SMILES string of the molecule is CCCCCCCCOC(=O)CC(C(=O)OCCCCC)S(=O)(=O)O. The van der Waals surface area contributed by atoms with Crippen LogP contribution in [0.1, 0.15) is 78.1 Å². The smallest absolute Gasteiger partial charge is 0.327 e. The van der Waals surface area contributed by atoms with Crippen molar-refractivity contribution in [1.29, 1.82) is 0 Å². The average molecular weight is 381 g/mol. The first-order valence-electron chi connectivity index (χ1n) is 9.11. The van der Waals surface area contributed by atoms with Gasteiger partial charge in [0.15, 0.2) is 5.25 Å². The van der Waals surface area contributed by atoms with Gasteiger partial charge in [0.05, 0.1) is 19.6 Å². The molecule has 148 valence electrons. The van der Waals surface area contributed by atoms with Crippen LogP contribution < -0.4 is 0 Å². The van der Waals surface area contributed by atoms with Gasteiger partial charge in [0.25, 0.3) is 10.1 Å². The maximum atomic E-state index is 11.8. The number of esters is 2. The molecule has 0 heterocycles. The van der Waals surface area contributed by atoms with Gasteiger partial charge in [-0.15, -0.1) is 0 Å². The maximum Gasteiger partial charge on any atom is 0.327 e. The van der Waals surface area contributed by atoms with Crippen molar-refractivity contribution in [3.8, 4) is 0 Å². The van der Waals surface area contributed by atoms with Gasteiger partial charge in [-0.3, -0.25) is 14.1 Å². The van der Waals surface area contributed by atoms with Gasteiger partial charge in [-0.25, -0.2) is 0 Å². The molecule has 0 amide bonds. The molecule has 7 nitrogen and oxygen atoms in total. The summed E-state index contributed by atoms with van der Waals surface area (Å²) in [4.78, 5) is 23.5. The standard InChI is InChI=1S/C17H32O7S/c1-3-5-7-8-9-11-12-23-16(18)14-15(25(20,21)22)17(19)24-13-10-6-4-2/h15H,3-14H2,1-2H3,(H,20,21,22). The van der Waals surface area contributed by atoms with E-state index in [1.165, 1.54) is 6.42 Å². The summed E-state index contributed by atoms with van der Waals surface area (Å²) in [6.45, 7) is 4.34. The van der Waals surface area contributed by atoms with E-state index in [1.54, 1.807) is 0 Å². The highest BCUT2D eigenvalue weighted by Crippen LogP contribution is 2.10. The predicted octanol–water partition coefficient (Wildman–Crippen LogP) is 3.27. The summed E-state index contributed by atoms with van der Waals surface area (Å²) in [7, 11) is -4.72. The summed E-state index contributed by atoms with van der Waals surface area (Å²) in [6.07, 6.45) is 7.76. The van der Waals surface area contributed by atoms with Gasteiger partial charge in [0.1, 0.15) is 0 Å². The van der Waals surface area contributed by atoms with Gasteiger partial charge in [0.2, 0.25) is 0 Å². The van der Waals surface area contributed by atoms with Crippen molar-refractivity contribution in [3.63, 3.8) is 0 Å². The van der Waals surface area contributed by atoms with Gasteiger partial charge >= 0.3 is 11.9 Å². The van der Waals surface area contributed by atoms with Gasteiger partial charge in [-0.05, 0) is 12.8 Å². The van der Waals surface area contributed by atoms with Crippen molar-refractivity contribution in [2.24, 2.45) is 0 Å². The Bertz CT molecular complexity index is 473. The Morgan fingerprint density at radius 2 is 1.32 bits per heavy atom. The number of carbonyl (C=O) groups is 2. The van der Waals surface area contributed by atoms with Crippen LogP contribution in [0.15, 0.2) is 0 Å². The Balaban J connectivity index is 4.20. The lowest BCUT2D eigenvalue weighted by Crippen LogP contribution is -2.34. The third kappa shape index (κ3) is 12.8. The van der Waals surface area contributed by atoms with E-state index >= 15 is 0 Å². The van der Waals surface area contributed by atoms with Gasteiger partial charge in [0, 0.05) is 0 Å². The van der Waals surface area contributed by atoms with E-state index in [-0.39, 0.29) is 13.2 Å². The first-order chi connectivity index (χ1) is 11.8. The maximum absolute atomic E-state index is 11.8. The molecule has 0 fully saturated rings. The molecule has 0 bridgehead atoms. The molecule has 0 aromatic rings. The summed E-state index contributed by atoms with van der Waals surface area (Å²) in [5.74, 6) is -1.95. The van der Waals surface area contributed by atoms with Gasteiger partial charge in [-0.2, -0.15) is 8.42 Å². The minimum Gasteiger partial charge on any atom is -0.466 e. The number of rotatable bonds is 15. The highest BCUT2D eigenvalue weighted by atomic mass is 32.2. The zero-order chi connectivity index (χ0) is 19.1. The molecule has 0 saturated carbocycles. The van der Waals surface area contributed by atoms with Crippen LogP contribution in [0, 0.1) is 0 Å². The third-order valence-electron chi connectivity index (χ3n) is 3.73. The molecular formula is C17H32O7S. The highest BCUT2D eigenvalue weighted by molar-refractivity contribution is 7.87. The molecule has 0 rings (SSSR count). The Morgan fingerprint density at radius 3 is 1.92 bits per heavy atom. The lowest BCUT2D eigenvalue weighted by Gasteiger charge is -2.13. The molecule has 1 unspecified atom stereocenters. The number of unbranched alkanes of at least 4 members (excludes halogenated alkanes) is 7. The third-order valence-corrected chi connectivity index (χ3v) is 4.81. The molecule has 0 aliphatic carbocycles. The number of hydrogen-bond acceptors (Lipinski definition) is 6. The van der Waals surface area contributed by atoms with Gasteiger partial charge < -0.3 is 9.47 Å². The predicted molar refractivity (Wildman–Crippen MR) is 94.8 cm³/mol. The lowest BCUT2D eigenvalue weighted by molar-refractivity contribution is -0.150. The molecule has 0 saturated heterocycles. The summed E-state index contributed by atoms with van der Waals surface area (Å²) < 4.78 is 41.6. The van der Waals surface area contributed by atoms with Crippen molar-refractivity contribution >= 4 is 22.1 Å². The molecule has 0 aliphatic rings. The van der Waals surface area contributed by atoms with Gasteiger partial charge in [-0.1, -0.05) is 58.8 Å². The monoisotopic (exact) mass is 380 g/mol. The quantitative estimate of drug-likeness (QED) is 0.264. The fourth-order valence-electron chi connectivity index (χ4n) is 2.21. The minimum absolute atomic E-state index is 0.0610. The number of ether oxygens (including phenoxy) is 2. The molecule has 0 aromatic carbocycles. The van der Waals surface area contributed by atoms with Crippen molar-refractivity contribution in [3.05, 3.63) is 0 Å². The van der Waals surface area contributed by atoms with E-state index in [1.807, 2.05) is 6.92 Å². The fourth-order valence-corrected chi connectivity index (χ4v) is 2.86. The molecule has 0 aliphatic heterocycles. The van der Waals surface area contributed by atoms with E-state index in [0.717, 1.165) is 38.5 Å². The number of carbonyl (C=O) groups excluding carboxylic acids is 2. The minimum atomic E-state index is -4.72. The molecular weight excluding hydrogens is 348 g/mol. The van der Waals surface area contributed by atoms with E-state index < -0.39 is 33.7 Å². The Labute approximate surface area is 151 Å². The molecule has 25 heavy (non-hydrogen) atoms. The zero-order valence-electron chi connectivity index (χ0n) is 15.4. The topological polar surface area (TPSA) is 107 Å². The van der Waals surface area contributed by atoms with Crippen LogP contribution in [0.5, 0.6) is 0 Å².